The molecule has 6 nitrogen and oxygen atoms in total. The lowest BCUT2D eigenvalue weighted by Gasteiger charge is -2.20. The minimum absolute atomic E-state index is 0.255. The summed E-state index contributed by atoms with van der Waals surface area (Å²) in [5, 5.41) is 10.8. The molecule has 2 N–H and O–H groups in total. The van der Waals surface area contributed by atoms with Crippen LogP contribution in [0.3, 0.4) is 0 Å². The molecule has 176 valence electrons. The maximum atomic E-state index is 13.7. The van der Waals surface area contributed by atoms with Crippen LogP contribution in [0.4, 0.5) is 4.39 Å². The highest BCUT2D eigenvalue weighted by Crippen LogP contribution is 2.44. The molecule has 0 fully saturated rings. The Labute approximate surface area is 198 Å². The summed E-state index contributed by atoms with van der Waals surface area (Å²) >= 11 is 0. The second kappa shape index (κ2) is 8.21. The molecule has 4 atom stereocenters. The fourth-order valence-corrected chi connectivity index (χ4v) is 5.32. The number of benzene rings is 3. The number of aliphatic hydroxyl groups excluding tert-OH is 1. The average Bonchev–Trinajstić information content (AvgIpc) is 3.31. The SMILES string of the molecule is Cc1ccc(OC(C)F)c(C2C[C@@H](O)c3nc4ccc(-c5ccc([S@@](C)(=N)=O)cc5)cc4n32)c1. The predicted octanol–water partition coefficient (Wildman–Crippen LogP) is 5.77. The summed E-state index contributed by atoms with van der Waals surface area (Å²) in [4.78, 5) is 5.17. The number of nitrogens with one attached hydrogen (secondary N) is 1. The molecule has 0 saturated heterocycles. The Hall–Kier alpha value is -3.23. The third kappa shape index (κ3) is 3.97. The minimum Gasteiger partial charge on any atom is -0.460 e. The van der Waals surface area contributed by atoms with Crippen LogP contribution in [0.2, 0.25) is 0 Å². The Kier molecular flexibility index (Phi) is 5.45. The largest absolute Gasteiger partial charge is 0.460 e. The van der Waals surface area contributed by atoms with Gasteiger partial charge in [-0.2, -0.15) is 0 Å². The van der Waals surface area contributed by atoms with E-state index in [4.69, 9.17) is 9.52 Å². The van der Waals surface area contributed by atoms with E-state index in [1.807, 2.05) is 54.0 Å². The highest BCUT2D eigenvalue weighted by Gasteiger charge is 2.35. The van der Waals surface area contributed by atoms with Crippen LogP contribution < -0.4 is 4.74 Å². The molecule has 0 amide bonds. The van der Waals surface area contributed by atoms with Crippen molar-refractivity contribution in [2.45, 2.75) is 43.7 Å². The van der Waals surface area contributed by atoms with Gasteiger partial charge in [-0.25, -0.2) is 18.4 Å². The van der Waals surface area contributed by atoms with E-state index in [1.165, 1.54) is 13.2 Å². The third-order valence-electron chi connectivity index (χ3n) is 6.22. The molecule has 0 radical (unpaired) electrons. The van der Waals surface area contributed by atoms with Gasteiger partial charge in [-0.05, 0) is 48.4 Å². The summed E-state index contributed by atoms with van der Waals surface area (Å²) in [6.45, 7) is 3.32. The number of aromatic nitrogens is 2. The zero-order chi connectivity index (χ0) is 24.2. The molecule has 34 heavy (non-hydrogen) atoms. The number of alkyl halides is 1. The molecular formula is C26H26FN3O3S. The second-order valence-electron chi connectivity index (χ2n) is 8.88. The van der Waals surface area contributed by atoms with Crippen molar-refractivity contribution in [3.8, 4) is 16.9 Å². The number of aryl methyl sites for hydroxylation is 1. The van der Waals surface area contributed by atoms with Gasteiger partial charge in [0.2, 0.25) is 6.36 Å². The quantitative estimate of drug-likeness (QED) is 0.380. The number of nitrogens with zero attached hydrogens (tertiary/aromatic N) is 2. The fourth-order valence-electron chi connectivity index (χ4n) is 4.66. The minimum atomic E-state index is -2.78. The molecule has 2 heterocycles. The number of hydrogen-bond donors (Lipinski definition) is 2. The van der Waals surface area contributed by atoms with E-state index >= 15 is 0 Å². The first kappa shape index (κ1) is 22.6. The normalized spacial score (nSPS) is 20.1. The van der Waals surface area contributed by atoms with Gasteiger partial charge < -0.3 is 14.4 Å². The van der Waals surface area contributed by atoms with Crippen molar-refractivity contribution in [1.82, 2.24) is 9.55 Å². The molecule has 3 aromatic carbocycles. The highest BCUT2D eigenvalue weighted by atomic mass is 32.2. The van der Waals surface area contributed by atoms with Gasteiger partial charge in [-0.1, -0.05) is 35.9 Å². The summed E-state index contributed by atoms with van der Waals surface area (Å²) in [5.74, 6) is 1.03. The lowest BCUT2D eigenvalue weighted by molar-refractivity contribution is 0.0841. The molecule has 5 rings (SSSR count). The molecule has 1 aromatic heterocycles. The molecule has 1 aliphatic rings. The molecule has 8 heteroatoms. The number of hydrogen-bond acceptors (Lipinski definition) is 5. The maximum Gasteiger partial charge on any atom is 0.235 e. The van der Waals surface area contributed by atoms with E-state index in [-0.39, 0.29) is 6.04 Å². The van der Waals surface area contributed by atoms with Gasteiger partial charge in [0.15, 0.2) is 0 Å². The summed E-state index contributed by atoms with van der Waals surface area (Å²) < 4.78 is 41.0. The lowest BCUT2D eigenvalue weighted by Crippen LogP contribution is -2.11. The van der Waals surface area contributed by atoms with Crippen molar-refractivity contribution in [3.05, 3.63) is 77.6 Å². The van der Waals surface area contributed by atoms with E-state index in [0.717, 1.165) is 33.3 Å². The maximum absolute atomic E-state index is 13.7. The molecule has 0 aliphatic carbocycles. The summed E-state index contributed by atoms with van der Waals surface area (Å²) in [6.07, 6.45) is -0.373. The number of imidazole rings is 1. The van der Waals surface area contributed by atoms with E-state index in [2.05, 4.69) is 4.98 Å². The third-order valence-corrected chi connectivity index (χ3v) is 7.40. The van der Waals surface area contributed by atoms with Crippen molar-refractivity contribution >= 4 is 20.8 Å². The first-order valence-corrected chi connectivity index (χ1v) is 13.0. The van der Waals surface area contributed by atoms with Crippen LogP contribution in [0, 0.1) is 11.7 Å². The van der Waals surface area contributed by atoms with E-state index in [1.54, 1.807) is 18.2 Å². The van der Waals surface area contributed by atoms with Crippen LogP contribution in [0.5, 0.6) is 5.75 Å². The first-order chi connectivity index (χ1) is 16.1. The number of halogens is 1. The van der Waals surface area contributed by atoms with Crippen molar-refractivity contribution in [3.63, 3.8) is 0 Å². The predicted molar refractivity (Wildman–Crippen MR) is 130 cm³/mol. The molecule has 2 unspecified atom stereocenters. The van der Waals surface area contributed by atoms with Crippen LogP contribution in [-0.2, 0) is 9.73 Å². The lowest BCUT2D eigenvalue weighted by atomic mass is 9.99. The number of aliphatic hydroxyl groups is 1. The van der Waals surface area contributed by atoms with Crippen molar-refractivity contribution in [2.75, 3.05) is 6.26 Å². The molecule has 4 aromatic rings. The van der Waals surface area contributed by atoms with Gasteiger partial charge in [0.25, 0.3) is 0 Å². The van der Waals surface area contributed by atoms with Crippen molar-refractivity contribution < 1.29 is 18.4 Å². The van der Waals surface area contributed by atoms with Crippen LogP contribution in [0.25, 0.3) is 22.2 Å². The van der Waals surface area contributed by atoms with Crippen molar-refractivity contribution in [2.24, 2.45) is 0 Å². The summed E-state index contributed by atoms with van der Waals surface area (Å²) in [7, 11) is -2.78. The Morgan fingerprint density at radius 1 is 1.15 bits per heavy atom. The summed E-state index contributed by atoms with van der Waals surface area (Å²) in [6, 6.07) is 18.4. The average molecular weight is 480 g/mol. The van der Waals surface area contributed by atoms with Crippen LogP contribution in [0.1, 0.15) is 42.4 Å². The number of fused-ring (bicyclic) bond motifs is 3. The summed E-state index contributed by atoms with van der Waals surface area (Å²) in [5.41, 5.74) is 5.31. The Morgan fingerprint density at radius 3 is 2.53 bits per heavy atom. The van der Waals surface area contributed by atoms with Crippen LogP contribution in [0.15, 0.2) is 65.6 Å². The van der Waals surface area contributed by atoms with Gasteiger partial charge in [0.05, 0.1) is 26.8 Å². The van der Waals surface area contributed by atoms with Gasteiger partial charge in [0, 0.05) is 30.1 Å². The molecular weight excluding hydrogens is 453 g/mol. The number of ether oxygens (including phenoxy) is 1. The Morgan fingerprint density at radius 2 is 1.85 bits per heavy atom. The van der Waals surface area contributed by atoms with Crippen molar-refractivity contribution in [1.29, 1.82) is 4.78 Å². The van der Waals surface area contributed by atoms with Gasteiger partial charge in [-0.15, -0.1) is 0 Å². The van der Waals surface area contributed by atoms with Crippen LogP contribution in [-0.4, -0.2) is 31.5 Å². The van der Waals surface area contributed by atoms with Gasteiger partial charge in [0.1, 0.15) is 17.7 Å². The van der Waals surface area contributed by atoms with E-state index in [9.17, 15) is 13.7 Å². The fraction of sp³-hybridized carbons (Fsp3) is 0.269. The molecule has 0 spiro atoms. The van der Waals surface area contributed by atoms with Gasteiger partial charge >= 0.3 is 0 Å². The monoisotopic (exact) mass is 479 g/mol. The highest BCUT2D eigenvalue weighted by molar-refractivity contribution is 7.91. The Bertz CT molecular complexity index is 1490. The van der Waals surface area contributed by atoms with Gasteiger partial charge in [-0.3, -0.25) is 0 Å². The first-order valence-electron chi connectivity index (χ1n) is 11.1. The second-order valence-corrected chi connectivity index (χ2v) is 11.0. The number of rotatable bonds is 5. The topological polar surface area (TPSA) is 88.2 Å². The Balaban J connectivity index is 1.63. The van der Waals surface area contributed by atoms with E-state index in [0.29, 0.717) is 22.9 Å². The smallest absolute Gasteiger partial charge is 0.235 e. The standard InChI is InChI=1S/C26H26FN3O3S/c1-15-4-11-25(33-16(2)27)20(12-15)22-14-24(31)26-29-21-10-7-18(13-23(21)30(22)26)17-5-8-19(9-6-17)34(3,28)32/h4-13,16,22,24,28,31H,14H2,1-3H3/t16?,22?,24-,34+/m1/s1. The van der Waals surface area contributed by atoms with Crippen LogP contribution >= 0.6 is 0 Å². The molecule has 1 aliphatic heterocycles. The zero-order valence-corrected chi connectivity index (χ0v) is 20.0. The molecule has 0 bridgehead atoms. The van der Waals surface area contributed by atoms with E-state index < -0.39 is 22.2 Å². The zero-order valence-electron chi connectivity index (χ0n) is 19.2. The molecule has 0 saturated carbocycles.